The van der Waals surface area contributed by atoms with Gasteiger partial charge in [0.1, 0.15) is 24.6 Å². The molecule has 0 heterocycles. The van der Waals surface area contributed by atoms with Gasteiger partial charge in [-0.3, -0.25) is 0 Å². The summed E-state index contributed by atoms with van der Waals surface area (Å²) >= 11 is 0. The lowest BCUT2D eigenvalue weighted by Crippen LogP contribution is -2.51. The molecule has 0 bridgehead atoms. The van der Waals surface area contributed by atoms with Crippen molar-refractivity contribution in [1.82, 2.24) is 5.32 Å². The molecule has 0 aliphatic carbocycles. The zero-order valence-corrected chi connectivity index (χ0v) is 7.29. The highest BCUT2D eigenvalue weighted by atomic mass is 16.4. The lowest BCUT2D eigenvalue weighted by Gasteiger charge is -2.25. The number of likely N-dealkylation sites (N-methyl/N-ethyl adjacent to an activating group) is 1. The van der Waals surface area contributed by atoms with Gasteiger partial charge in [0.05, 0.1) is 12.6 Å². The van der Waals surface area contributed by atoms with Crippen molar-refractivity contribution in [3.63, 3.8) is 0 Å². The van der Waals surface area contributed by atoms with Crippen LogP contribution in [0.2, 0.25) is 0 Å². The fourth-order valence-electron chi connectivity index (χ4n) is 0.867. The van der Waals surface area contributed by atoms with Gasteiger partial charge in [0.25, 0.3) is 0 Å². The quantitative estimate of drug-likeness (QED) is 0.285. The van der Waals surface area contributed by atoms with Gasteiger partial charge in [-0.2, -0.15) is 0 Å². The van der Waals surface area contributed by atoms with Crippen molar-refractivity contribution in [3.05, 3.63) is 0 Å². The fraction of sp³-hybridized carbons (Fsp3) is 0.857. The van der Waals surface area contributed by atoms with Crippen molar-refractivity contribution in [2.45, 2.75) is 24.4 Å². The molecule has 0 amide bonds. The van der Waals surface area contributed by atoms with Crippen LogP contribution in [-0.2, 0) is 4.79 Å². The SMILES string of the molecule is CN[C@@H](C=O)[C@@H](O)[C@H](O)[C@@H](O)CO. The summed E-state index contributed by atoms with van der Waals surface area (Å²) in [4.78, 5) is 10.3. The van der Waals surface area contributed by atoms with E-state index in [-0.39, 0.29) is 0 Å². The van der Waals surface area contributed by atoms with E-state index >= 15 is 0 Å². The third kappa shape index (κ3) is 3.37. The van der Waals surface area contributed by atoms with Crippen LogP contribution in [0.3, 0.4) is 0 Å². The monoisotopic (exact) mass is 193 g/mol. The summed E-state index contributed by atoms with van der Waals surface area (Å²) in [5.74, 6) is 0. The lowest BCUT2D eigenvalue weighted by atomic mass is 10.0. The molecular weight excluding hydrogens is 178 g/mol. The molecule has 0 unspecified atom stereocenters. The minimum atomic E-state index is -1.55. The zero-order chi connectivity index (χ0) is 10.4. The lowest BCUT2D eigenvalue weighted by molar-refractivity contribution is -0.119. The molecule has 4 atom stereocenters. The maximum atomic E-state index is 10.3. The number of carbonyl (C=O) groups excluding carboxylic acids is 1. The molecular formula is C7H15NO5. The number of hydrogen-bond acceptors (Lipinski definition) is 6. The van der Waals surface area contributed by atoms with E-state index in [4.69, 9.17) is 15.3 Å². The smallest absolute Gasteiger partial charge is 0.139 e. The van der Waals surface area contributed by atoms with E-state index in [1.54, 1.807) is 0 Å². The van der Waals surface area contributed by atoms with Gasteiger partial charge in [0.15, 0.2) is 0 Å². The number of aliphatic hydroxyl groups is 4. The second kappa shape index (κ2) is 6.01. The first kappa shape index (κ1) is 12.5. The Hall–Kier alpha value is -0.530. The Labute approximate surface area is 75.8 Å². The Morgan fingerprint density at radius 1 is 1.31 bits per heavy atom. The summed E-state index contributed by atoms with van der Waals surface area (Å²) in [6, 6.07) is -0.962. The van der Waals surface area contributed by atoms with Crippen LogP contribution in [-0.4, -0.2) is 64.7 Å². The Balaban J connectivity index is 4.21. The van der Waals surface area contributed by atoms with Gasteiger partial charge in [-0.15, -0.1) is 0 Å². The summed E-state index contributed by atoms with van der Waals surface area (Å²) in [6.07, 6.45) is -4.03. The minimum absolute atomic E-state index is 0.415. The van der Waals surface area contributed by atoms with Crippen molar-refractivity contribution in [2.24, 2.45) is 0 Å². The van der Waals surface area contributed by atoms with Gasteiger partial charge < -0.3 is 30.5 Å². The molecule has 5 N–H and O–H groups in total. The summed E-state index contributed by atoms with van der Waals surface area (Å²) in [5.41, 5.74) is 0. The number of carbonyl (C=O) groups is 1. The van der Waals surface area contributed by atoms with Gasteiger partial charge in [-0.25, -0.2) is 0 Å². The molecule has 0 aromatic carbocycles. The number of rotatable bonds is 6. The van der Waals surface area contributed by atoms with Crippen molar-refractivity contribution in [2.75, 3.05) is 13.7 Å². The summed E-state index contributed by atoms with van der Waals surface area (Å²) < 4.78 is 0. The summed E-state index contributed by atoms with van der Waals surface area (Å²) in [5, 5.41) is 38.2. The van der Waals surface area contributed by atoms with Gasteiger partial charge in [-0.1, -0.05) is 0 Å². The Kier molecular flexibility index (Phi) is 5.76. The van der Waals surface area contributed by atoms with Gasteiger partial charge in [0, 0.05) is 0 Å². The first-order valence-corrected chi connectivity index (χ1v) is 3.86. The number of nitrogens with one attached hydrogen (secondary N) is 1. The van der Waals surface area contributed by atoms with E-state index in [0.29, 0.717) is 6.29 Å². The highest BCUT2D eigenvalue weighted by molar-refractivity contribution is 5.58. The van der Waals surface area contributed by atoms with Crippen LogP contribution in [0.25, 0.3) is 0 Å². The van der Waals surface area contributed by atoms with Crippen LogP contribution in [0.1, 0.15) is 0 Å². The van der Waals surface area contributed by atoms with Gasteiger partial charge >= 0.3 is 0 Å². The average Bonchev–Trinajstić information content (AvgIpc) is 2.17. The Bertz CT molecular complexity index is 154. The van der Waals surface area contributed by atoms with Crippen LogP contribution >= 0.6 is 0 Å². The molecule has 13 heavy (non-hydrogen) atoms. The van der Waals surface area contributed by atoms with Gasteiger partial charge in [-0.05, 0) is 7.05 Å². The fourth-order valence-corrected chi connectivity index (χ4v) is 0.867. The molecule has 6 nitrogen and oxygen atoms in total. The van der Waals surface area contributed by atoms with E-state index in [1.807, 2.05) is 0 Å². The molecule has 0 radical (unpaired) electrons. The number of aliphatic hydroxyl groups excluding tert-OH is 4. The topological polar surface area (TPSA) is 110 Å². The number of aldehydes is 1. The normalized spacial score (nSPS) is 20.4. The summed E-state index contributed by atoms with van der Waals surface area (Å²) in [6.45, 7) is -0.673. The van der Waals surface area contributed by atoms with Crippen LogP contribution < -0.4 is 5.32 Å². The second-order valence-electron chi connectivity index (χ2n) is 2.68. The van der Waals surface area contributed by atoms with Crippen LogP contribution in [0, 0.1) is 0 Å². The highest BCUT2D eigenvalue weighted by Gasteiger charge is 2.29. The predicted molar refractivity (Wildman–Crippen MR) is 44.0 cm³/mol. The van der Waals surface area contributed by atoms with Crippen molar-refractivity contribution in [1.29, 1.82) is 0 Å². The Morgan fingerprint density at radius 2 is 1.85 bits per heavy atom. The molecule has 0 saturated heterocycles. The molecule has 78 valence electrons. The molecule has 0 aliphatic rings. The zero-order valence-electron chi connectivity index (χ0n) is 7.29. The van der Waals surface area contributed by atoms with Crippen LogP contribution in [0.15, 0.2) is 0 Å². The van der Waals surface area contributed by atoms with Crippen molar-refractivity contribution in [3.8, 4) is 0 Å². The van der Waals surface area contributed by atoms with E-state index in [2.05, 4.69) is 5.32 Å². The number of hydrogen-bond donors (Lipinski definition) is 5. The second-order valence-corrected chi connectivity index (χ2v) is 2.68. The van der Waals surface area contributed by atoms with Crippen LogP contribution in [0.5, 0.6) is 0 Å². The Morgan fingerprint density at radius 3 is 2.15 bits per heavy atom. The molecule has 0 aliphatic heterocycles. The molecule has 0 fully saturated rings. The van der Waals surface area contributed by atoms with Crippen molar-refractivity contribution >= 4 is 6.29 Å². The molecule has 0 aromatic heterocycles. The van der Waals surface area contributed by atoms with E-state index in [0.717, 1.165) is 0 Å². The van der Waals surface area contributed by atoms with E-state index < -0.39 is 31.0 Å². The first-order chi connectivity index (χ1) is 6.08. The predicted octanol–water partition coefficient (Wildman–Crippen LogP) is -3.15. The minimum Gasteiger partial charge on any atom is -0.394 e. The maximum absolute atomic E-state index is 10.3. The molecule has 0 saturated carbocycles. The molecule has 0 rings (SSSR count). The standard InChI is InChI=1S/C7H15NO5/c1-8-4(2-9)6(12)7(13)5(11)3-10/h2,4-8,10-13H,3H2,1H3/t4-,5-,6+,7+/m0/s1. The molecule has 0 spiro atoms. The van der Waals surface area contributed by atoms with Crippen LogP contribution in [0.4, 0.5) is 0 Å². The largest absolute Gasteiger partial charge is 0.394 e. The third-order valence-corrected chi connectivity index (χ3v) is 1.78. The van der Waals surface area contributed by atoms with E-state index in [1.165, 1.54) is 7.05 Å². The molecule has 0 aromatic rings. The first-order valence-electron chi connectivity index (χ1n) is 3.86. The van der Waals surface area contributed by atoms with E-state index in [9.17, 15) is 9.90 Å². The maximum Gasteiger partial charge on any atom is 0.139 e. The average molecular weight is 193 g/mol. The molecule has 6 heteroatoms. The van der Waals surface area contributed by atoms with Crippen molar-refractivity contribution < 1.29 is 25.2 Å². The third-order valence-electron chi connectivity index (χ3n) is 1.78. The summed E-state index contributed by atoms with van der Waals surface area (Å²) in [7, 11) is 1.43. The van der Waals surface area contributed by atoms with Gasteiger partial charge in [0.2, 0.25) is 0 Å². The highest BCUT2D eigenvalue weighted by Crippen LogP contribution is 2.03.